The number of nitrogens with zero attached hydrogens (tertiary/aromatic N) is 7. The van der Waals surface area contributed by atoms with Crippen molar-refractivity contribution in [3.63, 3.8) is 0 Å². The Morgan fingerprint density at radius 3 is 2.51 bits per heavy atom. The lowest BCUT2D eigenvalue weighted by Crippen LogP contribution is -2.47. The van der Waals surface area contributed by atoms with Crippen LogP contribution in [0.4, 0.5) is 30.5 Å². The van der Waals surface area contributed by atoms with Crippen LogP contribution in [-0.4, -0.2) is 72.9 Å². The normalized spacial score (nSPS) is 15.0. The van der Waals surface area contributed by atoms with Gasteiger partial charge < -0.3 is 20.6 Å². The first kappa shape index (κ1) is 26.7. The van der Waals surface area contributed by atoms with E-state index in [1.54, 1.807) is 4.68 Å². The molecule has 0 unspecified atom stereocenters. The lowest BCUT2D eigenvalue weighted by Gasteiger charge is -2.32. The van der Waals surface area contributed by atoms with Gasteiger partial charge in [0.25, 0.3) is 0 Å². The van der Waals surface area contributed by atoms with E-state index in [0.29, 0.717) is 34.3 Å². The molecule has 1 aliphatic heterocycles. The zero-order valence-electron chi connectivity index (χ0n) is 22.8. The third kappa shape index (κ3) is 5.72. The van der Waals surface area contributed by atoms with Crippen LogP contribution in [0.15, 0.2) is 54.9 Å². The van der Waals surface area contributed by atoms with Crippen molar-refractivity contribution < 1.29 is 13.2 Å². The molecule has 0 atom stereocenters. The van der Waals surface area contributed by atoms with E-state index >= 15 is 0 Å². The highest BCUT2D eigenvalue weighted by atomic mass is 19.4. The van der Waals surface area contributed by atoms with Gasteiger partial charge in [0.2, 0.25) is 0 Å². The number of benzene rings is 2. The standard InChI is InChI=1S/C28H29F3N10/c1-17-4-5-19(27-35-21-7-6-20(28(29,30)31)14-23(21)36-27)13-22(17)34-26-12-18(2)37-41(26)25-15-24(32-16-33-25)38-40-10-8-39(3)9-11-40/h4-7,12-16,34H,8-11H2,1-3H3,(H,35,36)(H,32,33,38). The minimum absolute atomic E-state index is 0.323. The molecule has 41 heavy (non-hydrogen) atoms. The zero-order valence-corrected chi connectivity index (χ0v) is 22.8. The molecular weight excluding hydrogens is 533 g/mol. The van der Waals surface area contributed by atoms with Crippen molar-refractivity contribution in [1.29, 1.82) is 0 Å². The molecule has 5 aromatic rings. The van der Waals surface area contributed by atoms with Gasteiger partial charge in [0.1, 0.15) is 23.8 Å². The number of halogens is 3. The van der Waals surface area contributed by atoms with Crippen molar-refractivity contribution in [3.8, 4) is 17.2 Å². The van der Waals surface area contributed by atoms with Crippen LogP contribution in [0.5, 0.6) is 0 Å². The monoisotopic (exact) mass is 562 g/mol. The summed E-state index contributed by atoms with van der Waals surface area (Å²) in [5.41, 5.74) is 6.72. The molecule has 0 spiro atoms. The number of piperazine rings is 1. The molecule has 0 aliphatic carbocycles. The second-order valence-electron chi connectivity index (χ2n) is 10.2. The van der Waals surface area contributed by atoms with Gasteiger partial charge in [-0.2, -0.15) is 23.0 Å². The Hall–Kier alpha value is -4.49. The molecule has 0 amide bonds. The molecule has 1 aliphatic rings. The number of nitrogens with one attached hydrogen (secondary N) is 3. The summed E-state index contributed by atoms with van der Waals surface area (Å²) in [5, 5.41) is 10.2. The van der Waals surface area contributed by atoms with Crippen LogP contribution in [0.3, 0.4) is 0 Å². The number of hydrogen-bond acceptors (Lipinski definition) is 8. The molecule has 10 nitrogen and oxygen atoms in total. The Labute approximate surface area is 234 Å². The quantitative estimate of drug-likeness (QED) is 0.261. The number of hydrazine groups is 1. The van der Waals surface area contributed by atoms with Crippen LogP contribution >= 0.6 is 0 Å². The predicted molar refractivity (Wildman–Crippen MR) is 151 cm³/mol. The summed E-state index contributed by atoms with van der Waals surface area (Å²) < 4.78 is 41.3. The van der Waals surface area contributed by atoms with Crippen LogP contribution < -0.4 is 10.7 Å². The topological polar surface area (TPSA) is 103 Å². The molecule has 2 aromatic carbocycles. The summed E-state index contributed by atoms with van der Waals surface area (Å²) in [4.78, 5) is 18.7. The van der Waals surface area contributed by atoms with Gasteiger partial charge in [0, 0.05) is 49.6 Å². The highest BCUT2D eigenvalue weighted by Crippen LogP contribution is 2.33. The van der Waals surface area contributed by atoms with Crippen LogP contribution in [0.2, 0.25) is 0 Å². The average molecular weight is 563 g/mol. The van der Waals surface area contributed by atoms with Crippen LogP contribution in [0.25, 0.3) is 28.2 Å². The average Bonchev–Trinajstić information content (AvgIpc) is 3.53. The van der Waals surface area contributed by atoms with Crippen molar-refractivity contribution in [3.05, 3.63) is 71.7 Å². The molecule has 0 saturated carbocycles. The van der Waals surface area contributed by atoms with Gasteiger partial charge in [0.05, 0.1) is 22.3 Å². The highest BCUT2D eigenvalue weighted by molar-refractivity contribution is 5.81. The largest absolute Gasteiger partial charge is 0.416 e. The summed E-state index contributed by atoms with van der Waals surface area (Å²) in [6.45, 7) is 7.58. The molecule has 6 rings (SSSR count). The zero-order chi connectivity index (χ0) is 28.7. The number of imidazole rings is 1. The maximum Gasteiger partial charge on any atom is 0.416 e. The Morgan fingerprint density at radius 1 is 0.927 bits per heavy atom. The number of anilines is 3. The summed E-state index contributed by atoms with van der Waals surface area (Å²) >= 11 is 0. The fraction of sp³-hybridized carbons (Fsp3) is 0.286. The first-order chi connectivity index (χ1) is 19.6. The lowest BCUT2D eigenvalue weighted by molar-refractivity contribution is -0.137. The molecule has 1 fully saturated rings. The van der Waals surface area contributed by atoms with E-state index < -0.39 is 11.7 Å². The Morgan fingerprint density at radius 2 is 1.73 bits per heavy atom. The molecule has 0 radical (unpaired) electrons. The van der Waals surface area contributed by atoms with E-state index in [1.165, 1.54) is 12.4 Å². The SMILES string of the molecule is Cc1cc(Nc2cc(-c3nc4ccc(C(F)(F)F)cc4[nH]3)ccc2C)n(-c2cc(NN3CCN(C)CC3)ncn2)n1. The van der Waals surface area contributed by atoms with E-state index in [4.69, 9.17) is 0 Å². The molecule has 212 valence electrons. The summed E-state index contributed by atoms with van der Waals surface area (Å²) in [6.07, 6.45) is -2.92. The van der Waals surface area contributed by atoms with Gasteiger partial charge in [0.15, 0.2) is 5.82 Å². The van der Waals surface area contributed by atoms with E-state index in [0.717, 1.165) is 60.8 Å². The third-order valence-electron chi connectivity index (χ3n) is 7.06. The number of H-pyrrole nitrogens is 1. The summed E-state index contributed by atoms with van der Waals surface area (Å²) in [5.74, 6) is 2.45. The number of alkyl halides is 3. The van der Waals surface area contributed by atoms with Crippen molar-refractivity contribution in [2.45, 2.75) is 20.0 Å². The summed E-state index contributed by atoms with van der Waals surface area (Å²) in [6, 6.07) is 13.0. The molecule has 3 N–H and O–H groups in total. The Bertz CT molecular complexity index is 1700. The lowest BCUT2D eigenvalue weighted by atomic mass is 10.1. The predicted octanol–water partition coefficient (Wildman–Crippen LogP) is 5.16. The second-order valence-corrected chi connectivity index (χ2v) is 10.2. The van der Waals surface area contributed by atoms with Gasteiger partial charge >= 0.3 is 6.18 Å². The fourth-order valence-electron chi connectivity index (χ4n) is 4.73. The number of hydrogen-bond donors (Lipinski definition) is 3. The fourth-order valence-corrected chi connectivity index (χ4v) is 4.73. The molecule has 13 heteroatoms. The molecular formula is C28H29F3N10. The smallest absolute Gasteiger partial charge is 0.340 e. The van der Waals surface area contributed by atoms with E-state index in [-0.39, 0.29) is 0 Å². The molecule has 0 bridgehead atoms. The van der Waals surface area contributed by atoms with Crippen LogP contribution in [0, 0.1) is 13.8 Å². The maximum atomic E-state index is 13.2. The van der Waals surface area contributed by atoms with E-state index in [9.17, 15) is 13.2 Å². The van der Waals surface area contributed by atoms with Crippen molar-refractivity contribution >= 4 is 28.4 Å². The summed E-state index contributed by atoms with van der Waals surface area (Å²) in [7, 11) is 2.11. The number of fused-ring (bicyclic) bond motifs is 1. The van der Waals surface area contributed by atoms with Crippen LogP contribution in [-0.2, 0) is 6.18 Å². The van der Waals surface area contributed by atoms with Gasteiger partial charge in [-0.3, -0.25) is 0 Å². The third-order valence-corrected chi connectivity index (χ3v) is 7.06. The minimum atomic E-state index is -4.42. The highest BCUT2D eigenvalue weighted by Gasteiger charge is 2.30. The first-order valence-electron chi connectivity index (χ1n) is 13.2. The number of aromatic nitrogens is 6. The van der Waals surface area contributed by atoms with Crippen molar-refractivity contribution in [2.75, 3.05) is 44.0 Å². The Balaban J connectivity index is 1.27. The van der Waals surface area contributed by atoms with Gasteiger partial charge in [-0.1, -0.05) is 12.1 Å². The molecule has 1 saturated heterocycles. The first-order valence-corrected chi connectivity index (χ1v) is 13.2. The van der Waals surface area contributed by atoms with Gasteiger partial charge in [-0.05, 0) is 50.7 Å². The van der Waals surface area contributed by atoms with Crippen molar-refractivity contribution in [1.82, 2.24) is 39.6 Å². The van der Waals surface area contributed by atoms with Gasteiger partial charge in [-0.25, -0.2) is 20.0 Å². The van der Waals surface area contributed by atoms with Gasteiger partial charge in [-0.15, -0.1) is 0 Å². The molecule has 3 aromatic heterocycles. The van der Waals surface area contributed by atoms with E-state index in [2.05, 4.69) is 52.7 Å². The minimum Gasteiger partial charge on any atom is -0.340 e. The number of rotatable bonds is 6. The Kier molecular flexibility index (Phi) is 6.83. The van der Waals surface area contributed by atoms with Crippen molar-refractivity contribution in [2.24, 2.45) is 0 Å². The van der Waals surface area contributed by atoms with Crippen LogP contribution in [0.1, 0.15) is 16.8 Å². The number of aryl methyl sites for hydroxylation is 2. The molecule has 4 heterocycles. The number of aromatic amines is 1. The maximum absolute atomic E-state index is 13.2. The second kappa shape index (κ2) is 10.5. The number of likely N-dealkylation sites (N-methyl/N-ethyl adjacent to an activating group) is 1. The van der Waals surface area contributed by atoms with E-state index in [1.807, 2.05) is 44.2 Å².